The van der Waals surface area contributed by atoms with Gasteiger partial charge in [-0.1, -0.05) is 23.2 Å². The molecule has 1 aliphatic rings. The van der Waals surface area contributed by atoms with Gasteiger partial charge in [-0.05, 0) is 48.0 Å². The molecule has 0 radical (unpaired) electrons. The Morgan fingerprint density at radius 1 is 1.16 bits per heavy atom. The first-order chi connectivity index (χ1) is 11.9. The molecular formula is C17H12Cl2N2O4. The number of nitrogens with one attached hydrogen (secondary N) is 1. The molecule has 25 heavy (non-hydrogen) atoms. The second-order valence-electron chi connectivity index (χ2n) is 5.17. The van der Waals surface area contributed by atoms with E-state index in [0.717, 1.165) is 5.01 Å². The third-order valence-corrected chi connectivity index (χ3v) is 4.10. The lowest BCUT2D eigenvalue weighted by Crippen LogP contribution is -2.35. The van der Waals surface area contributed by atoms with E-state index >= 15 is 0 Å². The minimum absolute atomic E-state index is 0.0478. The van der Waals surface area contributed by atoms with Gasteiger partial charge in [0.25, 0.3) is 11.8 Å². The normalized spacial score (nSPS) is 15.6. The molecule has 1 saturated heterocycles. The van der Waals surface area contributed by atoms with Gasteiger partial charge in [0.1, 0.15) is 5.57 Å². The first-order valence-corrected chi connectivity index (χ1v) is 7.85. The lowest BCUT2D eigenvalue weighted by atomic mass is 10.1. The van der Waals surface area contributed by atoms with E-state index in [9.17, 15) is 14.7 Å². The van der Waals surface area contributed by atoms with E-state index in [-0.39, 0.29) is 22.1 Å². The molecule has 1 heterocycles. The summed E-state index contributed by atoms with van der Waals surface area (Å²) >= 11 is 11.8. The van der Waals surface area contributed by atoms with Crippen molar-refractivity contribution in [2.45, 2.75) is 0 Å². The zero-order chi connectivity index (χ0) is 18.1. The molecule has 2 aromatic carbocycles. The van der Waals surface area contributed by atoms with Crippen LogP contribution in [0.15, 0.2) is 42.0 Å². The molecule has 2 amide bonds. The molecule has 0 aromatic heterocycles. The SMILES string of the molecule is COc1cc(/C=C2/C(=O)NN(c3ccc(Cl)cc3)C2=O)cc(Cl)c1O. The first-order valence-electron chi connectivity index (χ1n) is 7.10. The number of hydrazine groups is 1. The predicted molar refractivity (Wildman–Crippen MR) is 94.7 cm³/mol. The number of carbonyl (C=O) groups is 2. The Morgan fingerprint density at radius 2 is 1.84 bits per heavy atom. The Morgan fingerprint density at radius 3 is 2.48 bits per heavy atom. The number of methoxy groups -OCH3 is 1. The number of phenolic OH excluding ortho intramolecular Hbond substituents is 1. The lowest BCUT2D eigenvalue weighted by Gasteiger charge is -2.14. The number of ether oxygens (including phenoxy) is 1. The van der Waals surface area contributed by atoms with Crippen LogP contribution in [0, 0.1) is 0 Å². The molecule has 0 spiro atoms. The van der Waals surface area contributed by atoms with Gasteiger partial charge in [-0.25, -0.2) is 5.01 Å². The van der Waals surface area contributed by atoms with E-state index in [1.807, 2.05) is 0 Å². The number of phenols is 1. The lowest BCUT2D eigenvalue weighted by molar-refractivity contribution is -0.117. The second kappa shape index (κ2) is 6.66. The summed E-state index contributed by atoms with van der Waals surface area (Å²) in [4.78, 5) is 24.7. The minimum Gasteiger partial charge on any atom is -0.503 e. The summed E-state index contributed by atoms with van der Waals surface area (Å²) in [5, 5.41) is 11.5. The van der Waals surface area contributed by atoms with Gasteiger partial charge in [0, 0.05) is 5.02 Å². The average molecular weight is 379 g/mol. The molecule has 0 saturated carbocycles. The molecular weight excluding hydrogens is 367 g/mol. The van der Waals surface area contributed by atoms with Gasteiger partial charge < -0.3 is 9.84 Å². The Kier molecular flexibility index (Phi) is 4.57. The average Bonchev–Trinajstić information content (AvgIpc) is 2.86. The Hall–Kier alpha value is -2.70. The molecule has 0 aliphatic carbocycles. The van der Waals surface area contributed by atoms with Crippen LogP contribution in [0.3, 0.4) is 0 Å². The zero-order valence-corrected chi connectivity index (χ0v) is 14.4. The van der Waals surface area contributed by atoms with Crippen molar-refractivity contribution >= 4 is 46.8 Å². The Labute approximate surface area is 153 Å². The van der Waals surface area contributed by atoms with Crippen molar-refractivity contribution in [2.24, 2.45) is 0 Å². The smallest absolute Gasteiger partial charge is 0.282 e. The molecule has 1 aliphatic heterocycles. The van der Waals surface area contributed by atoms with Gasteiger partial charge in [-0.15, -0.1) is 0 Å². The summed E-state index contributed by atoms with van der Waals surface area (Å²) in [7, 11) is 1.37. The fourth-order valence-electron chi connectivity index (χ4n) is 2.33. The van der Waals surface area contributed by atoms with Crippen molar-refractivity contribution in [1.82, 2.24) is 5.43 Å². The monoisotopic (exact) mass is 378 g/mol. The van der Waals surface area contributed by atoms with Gasteiger partial charge in [0.15, 0.2) is 11.5 Å². The third-order valence-electron chi connectivity index (χ3n) is 3.56. The van der Waals surface area contributed by atoms with Crippen molar-refractivity contribution in [1.29, 1.82) is 0 Å². The Bertz CT molecular complexity index is 894. The molecule has 0 unspecified atom stereocenters. The van der Waals surface area contributed by atoms with Gasteiger partial charge in [0.2, 0.25) is 0 Å². The van der Waals surface area contributed by atoms with Gasteiger partial charge in [-0.3, -0.25) is 15.0 Å². The van der Waals surface area contributed by atoms with Crippen LogP contribution in [0.25, 0.3) is 6.08 Å². The third kappa shape index (κ3) is 3.26. The maximum Gasteiger partial charge on any atom is 0.282 e. The zero-order valence-electron chi connectivity index (χ0n) is 12.9. The van der Waals surface area contributed by atoms with Crippen molar-refractivity contribution < 1.29 is 19.4 Å². The topological polar surface area (TPSA) is 78.9 Å². The van der Waals surface area contributed by atoms with Crippen LogP contribution in [-0.2, 0) is 9.59 Å². The highest BCUT2D eigenvalue weighted by Gasteiger charge is 2.34. The molecule has 0 atom stereocenters. The maximum atomic E-state index is 12.5. The fraction of sp³-hybridized carbons (Fsp3) is 0.0588. The van der Waals surface area contributed by atoms with E-state index in [4.69, 9.17) is 27.9 Å². The highest BCUT2D eigenvalue weighted by molar-refractivity contribution is 6.33. The highest BCUT2D eigenvalue weighted by Crippen LogP contribution is 2.36. The number of rotatable bonds is 3. The maximum absolute atomic E-state index is 12.5. The summed E-state index contributed by atoms with van der Waals surface area (Å²) in [6.07, 6.45) is 1.38. The molecule has 8 heteroatoms. The highest BCUT2D eigenvalue weighted by atomic mass is 35.5. The molecule has 3 rings (SSSR count). The number of halogens is 2. The van der Waals surface area contributed by atoms with Crippen molar-refractivity contribution in [3.63, 3.8) is 0 Å². The van der Waals surface area contributed by atoms with Gasteiger partial charge in [-0.2, -0.15) is 0 Å². The van der Waals surface area contributed by atoms with Crippen molar-refractivity contribution in [3.8, 4) is 11.5 Å². The summed E-state index contributed by atoms with van der Waals surface area (Å²) in [5.74, 6) is -1.14. The number of amides is 2. The predicted octanol–water partition coefficient (Wildman–Crippen LogP) is 3.17. The molecule has 2 N–H and O–H groups in total. The summed E-state index contributed by atoms with van der Waals surface area (Å²) in [6, 6.07) is 9.36. The van der Waals surface area contributed by atoms with E-state index in [1.165, 1.54) is 25.3 Å². The number of carbonyl (C=O) groups excluding carboxylic acids is 2. The van der Waals surface area contributed by atoms with Crippen LogP contribution < -0.4 is 15.2 Å². The fourth-order valence-corrected chi connectivity index (χ4v) is 2.67. The van der Waals surface area contributed by atoms with Crippen LogP contribution in [0.5, 0.6) is 11.5 Å². The van der Waals surface area contributed by atoms with Crippen molar-refractivity contribution in [2.75, 3.05) is 12.1 Å². The largest absolute Gasteiger partial charge is 0.503 e. The van der Waals surface area contributed by atoms with E-state index < -0.39 is 11.8 Å². The van der Waals surface area contributed by atoms with E-state index in [0.29, 0.717) is 16.3 Å². The van der Waals surface area contributed by atoms with Crippen molar-refractivity contribution in [3.05, 3.63) is 57.6 Å². The van der Waals surface area contributed by atoms with Gasteiger partial charge >= 0.3 is 0 Å². The van der Waals surface area contributed by atoms with Crippen LogP contribution in [0.4, 0.5) is 5.69 Å². The first kappa shape index (κ1) is 17.1. The summed E-state index contributed by atoms with van der Waals surface area (Å²) in [6.45, 7) is 0. The van der Waals surface area contributed by atoms with Crippen LogP contribution in [0.2, 0.25) is 10.0 Å². The summed E-state index contributed by atoms with van der Waals surface area (Å²) < 4.78 is 5.01. The molecule has 1 fully saturated rings. The standard InChI is InChI=1S/C17H12Cl2N2O4/c1-25-14-8-9(7-13(19)15(14)22)6-12-16(23)20-21(17(12)24)11-4-2-10(18)3-5-11/h2-8,22H,1H3,(H,20,23)/b12-6-. The van der Waals surface area contributed by atoms with E-state index in [1.54, 1.807) is 24.3 Å². The number of anilines is 1. The minimum atomic E-state index is -0.553. The molecule has 6 nitrogen and oxygen atoms in total. The van der Waals surface area contributed by atoms with Crippen LogP contribution in [0.1, 0.15) is 5.56 Å². The number of aromatic hydroxyl groups is 1. The Balaban J connectivity index is 1.96. The molecule has 2 aromatic rings. The van der Waals surface area contributed by atoms with Crippen LogP contribution >= 0.6 is 23.2 Å². The van der Waals surface area contributed by atoms with Crippen LogP contribution in [-0.4, -0.2) is 24.0 Å². The number of hydrogen-bond acceptors (Lipinski definition) is 4. The second-order valence-corrected chi connectivity index (χ2v) is 6.01. The molecule has 128 valence electrons. The quantitative estimate of drug-likeness (QED) is 0.634. The van der Waals surface area contributed by atoms with Gasteiger partial charge in [0.05, 0.1) is 17.8 Å². The number of hydrogen-bond donors (Lipinski definition) is 2. The number of nitrogens with zero attached hydrogens (tertiary/aromatic N) is 1. The van der Waals surface area contributed by atoms with E-state index in [2.05, 4.69) is 5.43 Å². The number of benzene rings is 2. The molecule has 0 bridgehead atoms. The summed E-state index contributed by atoms with van der Waals surface area (Å²) in [5.41, 5.74) is 3.33.